The van der Waals surface area contributed by atoms with Gasteiger partial charge in [0.1, 0.15) is 19.3 Å². The molecule has 5 atom stereocenters. The van der Waals surface area contributed by atoms with Crippen LogP contribution in [-0.2, 0) is 65.4 Å². The van der Waals surface area contributed by atoms with Gasteiger partial charge in [-0.2, -0.15) is 0 Å². The summed E-state index contributed by atoms with van der Waals surface area (Å²) in [6.45, 7) is 7.18. The van der Waals surface area contributed by atoms with Gasteiger partial charge in [-0.25, -0.2) is 9.13 Å². The van der Waals surface area contributed by atoms with Crippen molar-refractivity contribution in [3.63, 3.8) is 0 Å². The first-order valence-corrected chi connectivity index (χ1v) is 40.1. The number of hydrogen-bond donors (Lipinski definition) is 3. The van der Waals surface area contributed by atoms with Crippen LogP contribution in [0.15, 0.2) is 0 Å². The van der Waals surface area contributed by atoms with Crippen LogP contribution in [-0.4, -0.2) is 96.7 Å². The number of ether oxygens (including phenoxy) is 4. The van der Waals surface area contributed by atoms with Crippen LogP contribution >= 0.6 is 15.6 Å². The molecule has 0 aliphatic carbocycles. The molecule has 0 aromatic rings. The van der Waals surface area contributed by atoms with Crippen LogP contribution in [0.25, 0.3) is 0 Å². The van der Waals surface area contributed by atoms with Crippen molar-refractivity contribution in [1.29, 1.82) is 0 Å². The minimum atomic E-state index is -4.95. The van der Waals surface area contributed by atoms with Gasteiger partial charge in [0.15, 0.2) is 12.2 Å². The molecule has 0 saturated carbocycles. The van der Waals surface area contributed by atoms with Crippen molar-refractivity contribution >= 4 is 39.5 Å². The first-order chi connectivity index (χ1) is 43.5. The molecule has 0 bridgehead atoms. The van der Waals surface area contributed by atoms with Crippen molar-refractivity contribution in [2.45, 2.75) is 387 Å². The molecule has 3 N–H and O–H groups in total. The minimum absolute atomic E-state index is 0.106. The molecule has 0 spiro atoms. The van der Waals surface area contributed by atoms with Gasteiger partial charge in [0.2, 0.25) is 0 Å². The Morgan fingerprint density at radius 2 is 0.511 bits per heavy atom. The Hall–Kier alpha value is -1.94. The third-order valence-corrected chi connectivity index (χ3v) is 18.4. The summed E-state index contributed by atoms with van der Waals surface area (Å²) < 4.78 is 68.1. The van der Waals surface area contributed by atoms with Gasteiger partial charge in [0, 0.05) is 25.7 Å². The number of rotatable bonds is 71. The monoisotopic (exact) mass is 1320 g/mol. The summed E-state index contributed by atoms with van der Waals surface area (Å²) in [7, 11) is -9.89. The molecule has 0 aromatic heterocycles. The number of carbonyl (C=O) groups is 4. The second-order valence-corrected chi connectivity index (χ2v) is 29.0. The fourth-order valence-corrected chi connectivity index (χ4v) is 12.4. The van der Waals surface area contributed by atoms with Gasteiger partial charge >= 0.3 is 39.5 Å². The van der Waals surface area contributed by atoms with Crippen LogP contribution in [0.1, 0.15) is 369 Å². The summed E-state index contributed by atoms with van der Waals surface area (Å²) in [4.78, 5) is 72.3. The number of aliphatic hydroxyl groups is 1. The lowest BCUT2D eigenvalue weighted by Gasteiger charge is -2.21. The van der Waals surface area contributed by atoms with E-state index in [1.165, 1.54) is 186 Å². The van der Waals surface area contributed by atoms with Crippen molar-refractivity contribution in [3.05, 3.63) is 0 Å². The van der Waals surface area contributed by atoms with E-state index in [1.807, 2.05) is 0 Å². The molecule has 0 aliphatic rings. The summed E-state index contributed by atoms with van der Waals surface area (Å²) in [6, 6.07) is 0. The maximum absolute atomic E-state index is 13.0. The summed E-state index contributed by atoms with van der Waals surface area (Å²) in [5.41, 5.74) is 0. The molecule has 90 heavy (non-hydrogen) atoms. The highest BCUT2D eigenvalue weighted by Crippen LogP contribution is 2.45. The smallest absolute Gasteiger partial charge is 0.462 e. The van der Waals surface area contributed by atoms with Crippen molar-refractivity contribution in [2.24, 2.45) is 5.92 Å². The van der Waals surface area contributed by atoms with Gasteiger partial charge in [-0.3, -0.25) is 37.3 Å². The van der Waals surface area contributed by atoms with Crippen LogP contribution < -0.4 is 0 Å². The number of hydrogen-bond acceptors (Lipinski definition) is 15. The first-order valence-electron chi connectivity index (χ1n) is 37.1. The number of carbonyl (C=O) groups excluding carboxylic acids is 4. The molecular formula is C71H138O17P2. The van der Waals surface area contributed by atoms with E-state index in [2.05, 4.69) is 34.6 Å². The molecule has 0 fully saturated rings. The molecule has 2 unspecified atom stereocenters. The van der Waals surface area contributed by atoms with Crippen LogP contribution in [0, 0.1) is 5.92 Å². The molecule has 0 aromatic carbocycles. The maximum Gasteiger partial charge on any atom is 0.472 e. The topological polar surface area (TPSA) is 237 Å². The minimum Gasteiger partial charge on any atom is -0.462 e. The van der Waals surface area contributed by atoms with Crippen LogP contribution in [0.3, 0.4) is 0 Å². The Kier molecular flexibility index (Phi) is 63.0. The number of unbranched alkanes of at least 4 members (excludes halogenated alkanes) is 43. The third kappa shape index (κ3) is 64.8. The highest BCUT2D eigenvalue weighted by Gasteiger charge is 2.30. The Balaban J connectivity index is 5.14. The SMILES string of the molecule is CCCCCCCCCCCCCCCCCCCCC(=O)O[C@H](COC(=O)CCCCCCCCCCCCCCCCC(C)C)COP(=O)(O)OC[C@@H](O)COP(=O)(O)OC[C@@H](COC(=O)CCCCCCC)OC(=O)CCCCCCCCCCCC. The van der Waals surface area contributed by atoms with Crippen molar-refractivity contribution in [2.75, 3.05) is 39.6 Å². The number of phosphoric ester groups is 2. The summed E-state index contributed by atoms with van der Waals surface area (Å²) >= 11 is 0. The van der Waals surface area contributed by atoms with Crippen molar-refractivity contribution in [1.82, 2.24) is 0 Å². The Morgan fingerprint density at radius 1 is 0.300 bits per heavy atom. The lowest BCUT2D eigenvalue weighted by Crippen LogP contribution is -2.30. The zero-order valence-corrected chi connectivity index (χ0v) is 60.1. The quantitative estimate of drug-likeness (QED) is 0.0222. The summed E-state index contributed by atoms with van der Waals surface area (Å²) in [5.74, 6) is -1.33. The second kappa shape index (κ2) is 64.4. The van der Waals surface area contributed by atoms with Gasteiger partial charge < -0.3 is 33.8 Å². The van der Waals surface area contributed by atoms with Crippen LogP contribution in [0.4, 0.5) is 0 Å². The van der Waals surface area contributed by atoms with Crippen molar-refractivity contribution < 1.29 is 80.2 Å². The highest BCUT2D eigenvalue weighted by atomic mass is 31.2. The van der Waals surface area contributed by atoms with E-state index in [4.69, 9.17) is 37.0 Å². The van der Waals surface area contributed by atoms with E-state index < -0.39 is 97.5 Å². The average Bonchev–Trinajstić information content (AvgIpc) is 3.63. The Labute approximate surface area is 549 Å². The fraction of sp³-hybridized carbons (Fsp3) is 0.944. The molecule has 17 nitrogen and oxygen atoms in total. The summed E-state index contributed by atoms with van der Waals surface area (Å²) in [6.07, 6.45) is 51.8. The maximum atomic E-state index is 13.0. The van der Waals surface area contributed by atoms with Gasteiger partial charge in [-0.1, -0.05) is 317 Å². The van der Waals surface area contributed by atoms with Gasteiger partial charge in [0.05, 0.1) is 26.4 Å². The van der Waals surface area contributed by atoms with E-state index in [-0.39, 0.29) is 25.7 Å². The Morgan fingerprint density at radius 3 is 0.756 bits per heavy atom. The number of phosphoric acid groups is 2. The molecule has 534 valence electrons. The van der Waals surface area contributed by atoms with Gasteiger partial charge in [0.25, 0.3) is 0 Å². The lowest BCUT2D eigenvalue weighted by molar-refractivity contribution is -0.161. The van der Waals surface area contributed by atoms with Gasteiger partial charge in [-0.15, -0.1) is 0 Å². The zero-order valence-electron chi connectivity index (χ0n) is 58.3. The third-order valence-electron chi connectivity index (χ3n) is 16.5. The largest absolute Gasteiger partial charge is 0.472 e. The molecule has 0 heterocycles. The Bertz CT molecular complexity index is 1740. The average molecular weight is 1330 g/mol. The van der Waals surface area contributed by atoms with Gasteiger partial charge in [-0.05, 0) is 31.6 Å². The van der Waals surface area contributed by atoms with E-state index in [1.54, 1.807) is 0 Å². The standard InChI is InChI=1S/C71H138O17P2/c1-6-9-12-15-17-19-21-22-23-24-25-26-31-34-38-42-47-52-57-71(76)88-67(61-82-69(74)55-50-45-40-37-33-30-28-27-29-32-35-39-44-48-53-64(4)5)63-86-90(79,80)84-59-65(72)58-83-89(77,78)85-62-66(60-81-68(73)54-49-43-14-11-8-3)87-70(75)56-51-46-41-36-20-18-16-13-10-7-2/h64-67,72H,6-63H2,1-5H3,(H,77,78)(H,79,80)/t65-,66+,67+/m0/s1. The fourth-order valence-electron chi connectivity index (χ4n) is 10.8. The first kappa shape index (κ1) is 88.1. The predicted molar refractivity (Wildman–Crippen MR) is 363 cm³/mol. The van der Waals surface area contributed by atoms with E-state index in [0.29, 0.717) is 25.7 Å². The molecule has 0 rings (SSSR count). The normalized spacial score (nSPS) is 14.1. The molecule has 0 aliphatic heterocycles. The van der Waals surface area contributed by atoms with Crippen LogP contribution in [0.2, 0.25) is 0 Å². The predicted octanol–water partition coefficient (Wildman–Crippen LogP) is 20.5. The molecule has 19 heteroatoms. The zero-order chi connectivity index (χ0) is 66.3. The molecule has 0 saturated heterocycles. The lowest BCUT2D eigenvalue weighted by atomic mass is 10.0. The van der Waals surface area contributed by atoms with Crippen LogP contribution in [0.5, 0.6) is 0 Å². The molecular weight excluding hydrogens is 1190 g/mol. The number of esters is 4. The van der Waals surface area contributed by atoms with E-state index in [9.17, 15) is 43.2 Å². The summed E-state index contributed by atoms with van der Waals surface area (Å²) in [5, 5.41) is 10.6. The number of aliphatic hydroxyl groups excluding tert-OH is 1. The second-order valence-electron chi connectivity index (χ2n) is 26.1. The van der Waals surface area contributed by atoms with E-state index in [0.717, 1.165) is 102 Å². The van der Waals surface area contributed by atoms with E-state index >= 15 is 0 Å². The molecule has 0 radical (unpaired) electrons. The highest BCUT2D eigenvalue weighted by molar-refractivity contribution is 7.47. The molecule has 0 amide bonds. The van der Waals surface area contributed by atoms with Crippen molar-refractivity contribution in [3.8, 4) is 0 Å².